The maximum absolute atomic E-state index is 13.1. The van der Waals surface area contributed by atoms with Crippen molar-refractivity contribution in [2.75, 3.05) is 13.2 Å². The lowest BCUT2D eigenvalue weighted by Crippen LogP contribution is -2.38. The number of ether oxygens (including phenoxy) is 1. The minimum absolute atomic E-state index is 0.0991. The standard InChI is InChI=1S/C15H18ClFO2/c16-13-7-12(17)4-3-11(13)8-15(9-18)5-6-19-14(15)10-1-2-10/h3-4,7,10,14,18H,1-2,5-6,8-9H2. The Morgan fingerprint density at radius 1 is 1.42 bits per heavy atom. The van der Waals surface area contributed by atoms with Crippen molar-refractivity contribution in [1.82, 2.24) is 0 Å². The van der Waals surface area contributed by atoms with Crippen molar-refractivity contribution in [2.24, 2.45) is 11.3 Å². The maximum atomic E-state index is 13.1. The third-order valence-electron chi connectivity index (χ3n) is 4.42. The van der Waals surface area contributed by atoms with E-state index < -0.39 is 0 Å². The molecule has 3 rings (SSSR count). The fourth-order valence-corrected chi connectivity index (χ4v) is 3.44. The molecule has 0 spiro atoms. The molecular formula is C15H18ClFO2. The lowest BCUT2D eigenvalue weighted by atomic mass is 9.75. The normalized spacial score (nSPS) is 30.8. The van der Waals surface area contributed by atoms with E-state index in [4.69, 9.17) is 16.3 Å². The van der Waals surface area contributed by atoms with E-state index in [2.05, 4.69) is 0 Å². The molecule has 4 heteroatoms. The quantitative estimate of drug-likeness (QED) is 0.920. The predicted octanol–water partition coefficient (Wildman–Crippen LogP) is 3.20. The number of aliphatic hydroxyl groups is 1. The summed E-state index contributed by atoms with van der Waals surface area (Å²) >= 11 is 6.11. The third kappa shape index (κ3) is 2.51. The highest BCUT2D eigenvalue weighted by Gasteiger charge is 2.50. The van der Waals surface area contributed by atoms with E-state index in [-0.39, 0.29) is 23.9 Å². The summed E-state index contributed by atoms with van der Waals surface area (Å²) in [7, 11) is 0. The number of hydrogen-bond acceptors (Lipinski definition) is 2. The Morgan fingerprint density at radius 3 is 2.84 bits per heavy atom. The molecule has 2 nitrogen and oxygen atoms in total. The molecule has 2 aliphatic rings. The first kappa shape index (κ1) is 13.3. The second-order valence-electron chi connectivity index (χ2n) is 5.81. The molecule has 2 unspecified atom stereocenters. The molecule has 0 aromatic heterocycles. The van der Waals surface area contributed by atoms with Crippen molar-refractivity contribution in [3.63, 3.8) is 0 Å². The SMILES string of the molecule is OCC1(Cc2ccc(F)cc2Cl)CCOC1C1CC1. The van der Waals surface area contributed by atoms with Gasteiger partial charge in [-0.25, -0.2) is 4.39 Å². The molecule has 0 radical (unpaired) electrons. The van der Waals surface area contributed by atoms with Crippen LogP contribution in [0, 0.1) is 17.2 Å². The van der Waals surface area contributed by atoms with Gasteiger partial charge in [0.05, 0.1) is 12.7 Å². The summed E-state index contributed by atoms with van der Waals surface area (Å²) in [6.45, 7) is 0.794. The summed E-state index contributed by atoms with van der Waals surface area (Å²) in [6.07, 6.45) is 3.99. The van der Waals surface area contributed by atoms with Gasteiger partial charge in [0.2, 0.25) is 0 Å². The fraction of sp³-hybridized carbons (Fsp3) is 0.600. The van der Waals surface area contributed by atoms with Gasteiger partial charge in [-0.15, -0.1) is 0 Å². The average molecular weight is 285 g/mol. The van der Waals surface area contributed by atoms with Gasteiger partial charge in [0.15, 0.2) is 0 Å². The van der Waals surface area contributed by atoms with E-state index in [9.17, 15) is 9.50 Å². The second kappa shape index (κ2) is 5.04. The molecule has 2 fully saturated rings. The number of hydrogen-bond donors (Lipinski definition) is 1. The highest BCUT2D eigenvalue weighted by Crippen LogP contribution is 2.49. The van der Waals surface area contributed by atoms with Crippen LogP contribution in [-0.2, 0) is 11.2 Å². The smallest absolute Gasteiger partial charge is 0.124 e. The van der Waals surface area contributed by atoms with Crippen LogP contribution < -0.4 is 0 Å². The lowest BCUT2D eigenvalue weighted by Gasteiger charge is -2.33. The zero-order valence-electron chi connectivity index (χ0n) is 10.7. The van der Waals surface area contributed by atoms with Gasteiger partial charge in [-0.3, -0.25) is 0 Å². The van der Waals surface area contributed by atoms with Crippen molar-refractivity contribution in [2.45, 2.75) is 31.8 Å². The van der Waals surface area contributed by atoms with E-state index in [1.165, 1.54) is 25.0 Å². The summed E-state index contributed by atoms with van der Waals surface area (Å²) in [4.78, 5) is 0. The minimum atomic E-state index is -0.326. The topological polar surface area (TPSA) is 29.5 Å². The first-order valence-electron chi connectivity index (χ1n) is 6.81. The van der Waals surface area contributed by atoms with Crippen molar-refractivity contribution in [3.8, 4) is 0 Å². The third-order valence-corrected chi connectivity index (χ3v) is 4.78. The molecule has 1 aromatic carbocycles. The van der Waals surface area contributed by atoms with Crippen LogP contribution in [0.15, 0.2) is 18.2 Å². The number of benzene rings is 1. The largest absolute Gasteiger partial charge is 0.396 e. The van der Waals surface area contributed by atoms with Crippen molar-refractivity contribution in [3.05, 3.63) is 34.6 Å². The Balaban J connectivity index is 1.85. The molecule has 0 bridgehead atoms. The van der Waals surface area contributed by atoms with E-state index in [1.54, 1.807) is 6.07 Å². The van der Waals surface area contributed by atoms with Crippen molar-refractivity contribution >= 4 is 11.6 Å². The van der Waals surface area contributed by atoms with Crippen LogP contribution in [0.25, 0.3) is 0 Å². The molecule has 1 saturated carbocycles. The van der Waals surface area contributed by atoms with Gasteiger partial charge >= 0.3 is 0 Å². The van der Waals surface area contributed by atoms with Gasteiger partial charge in [-0.2, -0.15) is 0 Å². The van der Waals surface area contributed by atoms with Crippen LogP contribution in [0.3, 0.4) is 0 Å². The van der Waals surface area contributed by atoms with Gasteiger partial charge in [0.25, 0.3) is 0 Å². The highest BCUT2D eigenvalue weighted by atomic mass is 35.5. The highest BCUT2D eigenvalue weighted by molar-refractivity contribution is 6.31. The Morgan fingerprint density at radius 2 is 2.21 bits per heavy atom. The number of aliphatic hydroxyl groups excluding tert-OH is 1. The van der Waals surface area contributed by atoms with Gasteiger partial charge in [-0.05, 0) is 49.3 Å². The van der Waals surface area contributed by atoms with Crippen LogP contribution in [-0.4, -0.2) is 24.4 Å². The van der Waals surface area contributed by atoms with Gasteiger partial charge in [0.1, 0.15) is 5.82 Å². The zero-order valence-corrected chi connectivity index (χ0v) is 11.5. The number of halogens is 2. The Labute approximate surface area is 117 Å². The predicted molar refractivity (Wildman–Crippen MR) is 71.7 cm³/mol. The maximum Gasteiger partial charge on any atom is 0.124 e. The number of rotatable bonds is 4. The van der Waals surface area contributed by atoms with Crippen LogP contribution >= 0.6 is 11.6 Å². The molecule has 2 atom stereocenters. The molecule has 104 valence electrons. The van der Waals surface area contributed by atoms with E-state index >= 15 is 0 Å². The van der Waals surface area contributed by atoms with Crippen LogP contribution in [0.2, 0.25) is 5.02 Å². The van der Waals surface area contributed by atoms with Crippen LogP contribution in [0.5, 0.6) is 0 Å². The Hall–Kier alpha value is -0.640. The molecular weight excluding hydrogens is 267 g/mol. The molecule has 1 saturated heterocycles. The Bertz CT molecular complexity index is 475. The van der Waals surface area contributed by atoms with Gasteiger partial charge in [0, 0.05) is 17.0 Å². The Kier molecular flexibility index (Phi) is 3.54. The molecule has 1 aromatic rings. The molecule has 1 aliphatic heterocycles. The van der Waals surface area contributed by atoms with Crippen molar-refractivity contribution in [1.29, 1.82) is 0 Å². The fourth-order valence-electron chi connectivity index (χ4n) is 3.20. The summed E-state index contributed by atoms with van der Waals surface area (Å²) in [5.41, 5.74) is 0.649. The molecule has 0 amide bonds. The molecule has 19 heavy (non-hydrogen) atoms. The lowest BCUT2D eigenvalue weighted by molar-refractivity contribution is 0.000593. The van der Waals surface area contributed by atoms with E-state index in [0.29, 0.717) is 24.0 Å². The molecule has 1 N–H and O–H groups in total. The average Bonchev–Trinajstić information content (AvgIpc) is 3.15. The second-order valence-corrected chi connectivity index (χ2v) is 6.22. The van der Waals surface area contributed by atoms with Crippen LogP contribution in [0.4, 0.5) is 4.39 Å². The molecule has 1 aliphatic carbocycles. The molecule has 1 heterocycles. The van der Waals surface area contributed by atoms with Crippen LogP contribution in [0.1, 0.15) is 24.8 Å². The summed E-state index contributed by atoms with van der Waals surface area (Å²) in [5, 5.41) is 10.3. The first-order chi connectivity index (χ1) is 9.14. The van der Waals surface area contributed by atoms with E-state index in [1.807, 2.05) is 0 Å². The van der Waals surface area contributed by atoms with Crippen molar-refractivity contribution < 1.29 is 14.2 Å². The first-order valence-corrected chi connectivity index (χ1v) is 7.19. The summed E-state index contributed by atoms with van der Waals surface area (Å²) in [6, 6.07) is 4.48. The zero-order chi connectivity index (χ0) is 13.5. The summed E-state index contributed by atoms with van der Waals surface area (Å²) < 4.78 is 18.9. The van der Waals surface area contributed by atoms with Gasteiger partial charge < -0.3 is 9.84 Å². The van der Waals surface area contributed by atoms with Gasteiger partial charge in [-0.1, -0.05) is 17.7 Å². The van der Waals surface area contributed by atoms with E-state index in [0.717, 1.165) is 12.0 Å². The monoisotopic (exact) mass is 284 g/mol. The minimum Gasteiger partial charge on any atom is -0.396 e. The summed E-state index contributed by atoms with van der Waals surface area (Å²) in [5.74, 6) is 0.252.